The van der Waals surface area contributed by atoms with Crippen LogP contribution in [0.5, 0.6) is 11.5 Å². The molecule has 2 aromatic rings. The number of nitrogens with zero attached hydrogens (tertiary/aromatic N) is 3. The van der Waals surface area contributed by atoms with Crippen LogP contribution < -0.4 is 14.6 Å². The molecule has 4 N–H and O–H groups in total. The lowest BCUT2D eigenvalue weighted by Crippen LogP contribution is -2.46. The molecule has 0 aliphatic carbocycles. The van der Waals surface area contributed by atoms with E-state index in [1.165, 1.54) is 47.7 Å². The summed E-state index contributed by atoms with van der Waals surface area (Å²) in [4.78, 5) is 31.5. The Hall–Kier alpha value is -2.98. The molecule has 0 bridgehead atoms. The van der Waals surface area contributed by atoms with Crippen molar-refractivity contribution in [2.75, 3.05) is 47.1 Å². The first-order valence-electron chi connectivity index (χ1n) is 13.6. The Morgan fingerprint density at radius 1 is 1.16 bits per heavy atom. The molecule has 1 aliphatic rings. The van der Waals surface area contributed by atoms with Crippen molar-refractivity contribution >= 4 is 49.3 Å². The highest BCUT2D eigenvalue weighted by Gasteiger charge is 2.42. The van der Waals surface area contributed by atoms with Crippen LogP contribution in [0.3, 0.4) is 0 Å². The maximum absolute atomic E-state index is 13.5. The molecule has 0 unspecified atom stereocenters. The van der Waals surface area contributed by atoms with Gasteiger partial charge < -0.3 is 19.1 Å². The summed E-state index contributed by atoms with van der Waals surface area (Å²) in [5, 5.41) is 21.9. The molecule has 1 aromatic heterocycles. The Bertz CT molecular complexity index is 1590. The van der Waals surface area contributed by atoms with Crippen molar-refractivity contribution in [3.63, 3.8) is 0 Å². The van der Waals surface area contributed by atoms with Crippen LogP contribution in [-0.4, -0.2) is 101 Å². The molecule has 1 aromatic carbocycles. The van der Waals surface area contributed by atoms with Crippen molar-refractivity contribution < 1.29 is 55.9 Å². The standard InChI is InChI=1S/C26H36N4O12S3/c1-4-29(20-17-28(12-6-13-39-2)45(37,38)26-19(20)16-25(43-26)44(27,35)36)23(31)11-9-18-8-10-21(22(15-18)40-3)42-24(32)7-5-14-41-30(33)34/h8-11,15-16,20,33-34H,4-7,12-14,17H2,1-3H3,(H2,27,35,36)/b11-9+/t20-/m0/s1. The van der Waals surface area contributed by atoms with Crippen molar-refractivity contribution in [3.05, 3.63) is 41.5 Å². The number of amides is 1. The molecule has 16 nitrogen and oxygen atoms in total. The number of esters is 1. The number of carbonyl (C=O) groups is 2. The zero-order valence-corrected chi connectivity index (χ0v) is 27.3. The maximum Gasteiger partial charge on any atom is 0.311 e. The van der Waals surface area contributed by atoms with Gasteiger partial charge in [-0.15, -0.1) is 11.3 Å². The van der Waals surface area contributed by atoms with Crippen LogP contribution in [-0.2, 0) is 39.2 Å². The van der Waals surface area contributed by atoms with Crippen LogP contribution in [0.15, 0.2) is 38.8 Å². The molecule has 1 atom stereocenters. The van der Waals surface area contributed by atoms with E-state index in [0.29, 0.717) is 29.9 Å². The average molecular weight is 693 g/mol. The Morgan fingerprint density at radius 3 is 2.51 bits per heavy atom. The third kappa shape index (κ3) is 9.51. The second-order valence-electron chi connectivity index (χ2n) is 9.61. The van der Waals surface area contributed by atoms with Crippen molar-refractivity contribution in [1.29, 1.82) is 0 Å². The van der Waals surface area contributed by atoms with E-state index < -0.39 is 43.4 Å². The number of benzene rings is 1. The van der Waals surface area contributed by atoms with Gasteiger partial charge in [-0.1, -0.05) is 6.07 Å². The summed E-state index contributed by atoms with van der Waals surface area (Å²) in [5.74, 6) is -0.740. The summed E-state index contributed by atoms with van der Waals surface area (Å²) in [6.45, 7) is 2.09. The van der Waals surface area contributed by atoms with E-state index in [-0.39, 0.29) is 64.6 Å². The number of carbonyl (C=O) groups excluding carboxylic acids is 2. The van der Waals surface area contributed by atoms with Crippen LogP contribution in [0.4, 0.5) is 0 Å². The molecular formula is C26H36N4O12S3. The number of sulfonamides is 2. The molecular weight excluding hydrogens is 657 g/mol. The van der Waals surface area contributed by atoms with Crippen LogP contribution in [0.25, 0.3) is 6.08 Å². The minimum Gasteiger partial charge on any atom is -0.493 e. The minimum absolute atomic E-state index is 0.0726. The second kappa shape index (κ2) is 16.0. The summed E-state index contributed by atoms with van der Waals surface area (Å²) < 4.78 is 67.4. The third-order valence-electron chi connectivity index (χ3n) is 6.61. The highest BCUT2D eigenvalue weighted by atomic mass is 32.3. The summed E-state index contributed by atoms with van der Waals surface area (Å²) in [7, 11) is -5.39. The van der Waals surface area contributed by atoms with E-state index in [2.05, 4.69) is 4.84 Å². The van der Waals surface area contributed by atoms with Crippen LogP contribution >= 0.6 is 11.3 Å². The molecule has 0 fully saturated rings. The topological polar surface area (TPSA) is 216 Å². The SMILES string of the molecule is CCN(C(=O)/C=C/c1ccc(OC(=O)CCCON(O)O)c(OC)c1)[C@H]1CN(CCCOC)S(=O)(=O)c2sc(S(N)(=O)=O)cc21. The molecule has 2 heterocycles. The van der Waals surface area contributed by atoms with Gasteiger partial charge in [0.25, 0.3) is 10.0 Å². The fourth-order valence-electron chi connectivity index (χ4n) is 4.51. The lowest BCUT2D eigenvalue weighted by atomic mass is 10.1. The number of nitrogens with two attached hydrogens (primary N) is 1. The van der Waals surface area contributed by atoms with E-state index in [9.17, 15) is 26.4 Å². The number of rotatable bonds is 16. The largest absolute Gasteiger partial charge is 0.493 e. The summed E-state index contributed by atoms with van der Waals surface area (Å²) in [5.41, 5.74) is 0.704. The first-order valence-corrected chi connectivity index (χ1v) is 17.4. The monoisotopic (exact) mass is 692 g/mol. The number of primary sulfonamides is 1. The Labute approximate surface area is 265 Å². The first kappa shape index (κ1) is 36.5. The molecule has 1 amide bonds. The number of hydrogen-bond acceptors (Lipinski definition) is 14. The Balaban J connectivity index is 1.83. The predicted octanol–water partition coefficient (Wildman–Crippen LogP) is 1.75. The minimum atomic E-state index is -4.21. The molecule has 1 aliphatic heterocycles. The molecule has 0 radical (unpaired) electrons. The molecule has 19 heteroatoms. The molecule has 0 saturated heterocycles. The van der Waals surface area contributed by atoms with Gasteiger partial charge in [-0.25, -0.2) is 22.0 Å². The van der Waals surface area contributed by atoms with Gasteiger partial charge in [-0.05, 0) is 49.6 Å². The lowest BCUT2D eigenvalue weighted by molar-refractivity contribution is -0.492. The van der Waals surface area contributed by atoms with Gasteiger partial charge in [0.1, 0.15) is 8.42 Å². The van der Waals surface area contributed by atoms with E-state index in [1.54, 1.807) is 19.1 Å². The number of thiophene rings is 1. The molecule has 250 valence electrons. The van der Waals surface area contributed by atoms with Gasteiger partial charge in [0, 0.05) is 51.4 Å². The summed E-state index contributed by atoms with van der Waals surface area (Å²) in [6.07, 6.45) is 3.27. The van der Waals surface area contributed by atoms with E-state index >= 15 is 0 Å². The van der Waals surface area contributed by atoms with Crippen molar-refractivity contribution in [2.45, 2.75) is 40.6 Å². The van der Waals surface area contributed by atoms with Crippen LogP contribution in [0, 0.1) is 0 Å². The Kier molecular flexibility index (Phi) is 13.0. The van der Waals surface area contributed by atoms with Gasteiger partial charge in [-0.2, -0.15) is 4.31 Å². The van der Waals surface area contributed by atoms with E-state index in [1.807, 2.05) is 0 Å². The van der Waals surface area contributed by atoms with Crippen molar-refractivity contribution in [1.82, 2.24) is 14.6 Å². The van der Waals surface area contributed by atoms with Crippen LogP contribution in [0.2, 0.25) is 0 Å². The molecule has 45 heavy (non-hydrogen) atoms. The maximum atomic E-state index is 13.5. The average Bonchev–Trinajstić information content (AvgIpc) is 3.45. The number of fused-ring (bicyclic) bond motifs is 1. The highest BCUT2D eigenvalue weighted by molar-refractivity contribution is 7.94. The highest BCUT2D eigenvalue weighted by Crippen LogP contribution is 2.42. The number of hydrogen-bond donors (Lipinski definition) is 3. The van der Waals surface area contributed by atoms with Gasteiger partial charge in [0.15, 0.2) is 11.5 Å². The second-order valence-corrected chi connectivity index (χ2v) is 14.6. The number of methoxy groups -OCH3 is 2. The van der Waals surface area contributed by atoms with Crippen LogP contribution in [0.1, 0.15) is 43.4 Å². The van der Waals surface area contributed by atoms with Crippen molar-refractivity contribution in [2.24, 2.45) is 5.14 Å². The molecule has 0 saturated carbocycles. The zero-order chi connectivity index (χ0) is 33.4. The van der Waals surface area contributed by atoms with Crippen molar-refractivity contribution in [3.8, 4) is 11.5 Å². The summed E-state index contributed by atoms with van der Waals surface area (Å²) >= 11 is 0.554. The van der Waals surface area contributed by atoms with Gasteiger partial charge in [-0.3, -0.25) is 24.8 Å². The lowest BCUT2D eigenvalue weighted by Gasteiger charge is -2.38. The zero-order valence-electron chi connectivity index (χ0n) is 24.8. The van der Waals surface area contributed by atoms with Gasteiger partial charge in [0.2, 0.25) is 15.9 Å². The van der Waals surface area contributed by atoms with Gasteiger partial charge in [0.05, 0.1) is 25.1 Å². The van der Waals surface area contributed by atoms with E-state index in [0.717, 1.165) is 0 Å². The van der Waals surface area contributed by atoms with E-state index in [4.69, 9.17) is 29.8 Å². The summed E-state index contributed by atoms with van der Waals surface area (Å²) in [6, 6.07) is 5.04. The van der Waals surface area contributed by atoms with Gasteiger partial charge >= 0.3 is 5.97 Å². The number of likely N-dealkylation sites (N-methyl/N-ethyl adjacent to an activating group) is 1. The first-order chi connectivity index (χ1) is 21.2. The third-order valence-corrected chi connectivity index (χ3v) is 11.6. The quantitative estimate of drug-likeness (QED) is 0.0752. The molecule has 3 rings (SSSR count). The smallest absolute Gasteiger partial charge is 0.311 e. The number of ether oxygens (including phenoxy) is 3. The predicted molar refractivity (Wildman–Crippen MR) is 159 cm³/mol. The molecule has 0 spiro atoms. The fourth-order valence-corrected chi connectivity index (χ4v) is 8.80. The Morgan fingerprint density at radius 2 is 1.89 bits per heavy atom. The normalized spacial score (nSPS) is 16.6. The fraction of sp³-hybridized carbons (Fsp3) is 0.462.